The van der Waals surface area contributed by atoms with Crippen LogP contribution in [-0.4, -0.2) is 49.2 Å². The van der Waals surface area contributed by atoms with Crippen LogP contribution in [0.2, 0.25) is 0 Å². The largest absolute Gasteiger partial charge is 0.469 e. The van der Waals surface area contributed by atoms with Crippen LogP contribution in [0.1, 0.15) is 58.8 Å². The van der Waals surface area contributed by atoms with Gasteiger partial charge in [-0.1, -0.05) is 20.3 Å². The van der Waals surface area contributed by atoms with Gasteiger partial charge in [-0.05, 0) is 49.9 Å². The van der Waals surface area contributed by atoms with Crippen LogP contribution in [0.15, 0.2) is 0 Å². The van der Waals surface area contributed by atoms with Crippen molar-refractivity contribution < 1.29 is 19.1 Å². The SMILES string of the molecule is COC(=O)C[C@H](C(=O)N1C2CCC[C@H]2C[C@H]1C(C)C)C1CCOCC1. The fourth-order valence-electron chi connectivity index (χ4n) is 5.28. The van der Waals surface area contributed by atoms with Crippen LogP contribution < -0.4 is 0 Å². The molecule has 2 saturated heterocycles. The summed E-state index contributed by atoms with van der Waals surface area (Å²) in [6, 6.07) is 0.711. The molecule has 0 aromatic carbocycles. The molecule has 1 aliphatic carbocycles. The molecule has 4 atom stereocenters. The van der Waals surface area contributed by atoms with Gasteiger partial charge in [0.2, 0.25) is 5.91 Å². The van der Waals surface area contributed by atoms with E-state index in [9.17, 15) is 9.59 Å². The number of carbonyl (C=O) groups is 2. The first-order valence-electron chi connectivity index (χ1n) is 9.99. The number of carbonyl (C=O) groups excluding carboxylic acids is 2. The monoisotopic (exact) mass is 351 g/mol. The van der Waals surface area contributed by atoms with Crippen molar-refractivity contribution in [1.82, 2.24) is 4.90 Å². The Bertz CT molecular complexity index is 486. The van der Waals surface area contributed by atoms with Crippen LogP contribution in [0.25, 0.3) is 0 Å². The van der Waals surface area contributed by atoms with Gasteiger partial charge in [-0.15, -0.1) is 0 Å². The highest BCUT2D eigenvalue weighted by Crippen LogP contribution is 2.45. The molecule has 2 aliphatic heterocycles. The molecule has 2 heterocycles. The maximum absolute atomic E-state index is 13.6. The highest BCUT2D eigenvalue weighted by molar-refractivity contribution is 5.85. The normalized spacial score (nSPS) is 31.2. The lowest BCUT2D eigenvalue weighted by Crippen LogP contribution is -2.49. The summed E-state index contributed by atoms with van der Waals surface area (Å²) in [7, 11) is 1.41. The third-order valence-electron chi connectivity index (χ3n) is 6.67. The molecule has 25 heavy (non-hydrogen) atoms. The van der Waals surface area contributed by atoms with Crippen molar-refractivity contribution >= 4 is 11.9 Å². The molecule has 5 nitrogen and oxygen atoms in total. The van der Waals surface area contributed by atoms with Crippen LogP contribution in [-0.2, 0) is 19.1 Å². The summed E-state index contributed by atoms with van der Waals surface area (Å²) in [4.78, 5) is 27.8. The molecule has 0 aromatic heterocycles. The molecule has 142 valence electrons. The van der Waals surface area contributed by atoms with Crippen molar-refractivity contribution in [2.24, 2.45) is 23.7 Å². The lowest BCUT2D eigenvalue weighted by Gasteiger charge is -2.38. The highest BCUT2D eigenvalue weighted by Gasteiger charge is 2.49. The molecule has 0 N–H and O–H groups in total. The van der Waals surface area contributed by atoms with Crippen LogP contribution in [0.5, 0.6) is 0 Å². The van der Waals surface area contributed by atoms with Gasteiger partial charge in [0.1, 0.15) is 0 Å². The van der Waals surface area contributed by atoms with E-state index in [1.807, 2.05) is 0 Å². The topological polar surface area (TPSA) is 55.8 Å². The summed E-state index contributed by atoms with van der Waals surface area (Å²) in [6.45, 7) is 5.82. The van der Waals surface area contributed by atoms with E-state index in [1.54, 1.807) is 0 Å². The number of rotatable bonds is 5. The first-order valence-corrected chi connectivity index (χ1v) is 9.99. The van der Waals surface area contributed by atoms with E-state index in [0.29, 0.717) is 37.1 Å². The molecule has 0 spiro atoms. The Kier molecular flexibility index (Phi) is 6.03. The molecule has 3 fully saturated rings. The molecule has 3 rings (SSSR count). The fraction of sp³-hybridized carbons (Fsp3) is 0.900. The van der Waals surface area contributed by atoms with E-state index < -0.39 is 0 Å². The molecule has 1 saturated carbocycles. The Morgan fingerprint density at radius 2 is 1.88 bits per heavy atom. The van der Waals surface area contributed by atoms with Gasteiger partial charge in [0.15, 0.2) is 0 Å². The molecule has 1 amide bonds. The van der Waals surface area contributed by atoms with E-state index in [1.165, 1.54) is 20.0 Å². The van der Waals surface area contributed by atoms with Gasteiger partial charge in [-0.3, -0.25) is 9.59 Å². The zero-order valence-corrected chi connectivity index (χ0v) is 15.9. The van der Waals surface area contributed by atoms with Crippen LogP contribution >= 0.6 is 0 Å². The summed E-state index contributed by atoms with van der Waals surface area (Å²) >= 11 is 0. The third-order valence-corrected chi connectivity index (χ3v) is 6.67. The molecule has 0 aromatic rings. The van der Waals surface area contributed by atoms with E-state index in [2.05, 4.69) is 18.7 Å². The standard InChI is InChI=1S/C20H33NO4/c1-13(2)18-11-15-5-4-6-17(15)21(18)20(23)16(12-19(22)24-3)14-7-9-25-10-8-14/h13-18H,4-12H2,1-3H3/t15-,16-,17?,18-/m0/s1. The molecule has 0 radical (unpaired) electrons. The van der Waals surface area contributed by atoms with Crippen molar-refractivity contribution in [3.05, 3.63) is 0 Å². The van der Waals surface area contributed by atoms with Gasteiger partial charge in [0.05, 0.1) is 19.4 Å². The average molecular weight is 351 g/mol. The zero-order valence-electron chi connectivity index (χ0n) is 15.9. The number of esters is 1. The molecule has 1 unspecified atom stereocenters. The number of likely N-dealkylation sites (tertiary alicyclic amines) is 1. The Morgan fingerprint density at radius 1 is 1.16 bits per heavy atom. The minimum atomic E-state index is -0.270. The summed E-state index contributed by atoms with van der Waals surface area (Å²) in [5, 5.41) is 0. The number of hydrogen-bond donors (Lipinski definition) is 0. The van der Waals surface area contributed by atoms with E-state index >= 15 is 0 Å². The van der Waals surface area contributed by atoms with Crippen LogP contribution in [0.4, 0.5) is 0 Å². The van der Waals surface area contributed by atoms with Gasteiger partial charge in [-0.2, -0.15) is 0 Å². The van der Waals surface area contributed by atoms with Crippen molar-refractivity contribution in [2.75, 3.05) is 20.3 Å². The molecule has 3 aliphatic rings. The second-order valence-electron chi connectivity index (χ2n) is 8.39. The van der Waals surface area contributed by atoms with Gasteiger partial charge in [0, 0.05) is 25.3 Å². The Labute approximate surface area is 151 Å². The minimum Gasteiger partial charge on any atom is -0.469 e. The minimum absolute atomic E-state index is 0.199. The fourth-order valence-corrected chi connectivity index (χ4v) is 5.28. The van der Waals surface area contributed by atoms with Gasteiger partial charge in [0.25, 0.3) is 0 Å². The Morgan fingerprint density at radius 3 is 2.52 bits per heavy atom. The average Bonchev–Trinajstić information content (AvgIpc) is 3.20. The molecule has 5 heteroatoms. The number of hydrogen-bond acceptors (Lipinski definition) is 4. The second-order valence-corrected chi connectivity index (χ2v) is 8.39. The van der Waals surface area contributed by atoms with E-state index in [0.717, 1.165) is 25.7 Å². The molecular formula is C20H33NO4. The lowest BCUT2D eigenvalue weighted by atomic mass is 9.82. The smallest absolute Gasteiger partial charge is 0.306 e. The number of ether oxygens (including phenoxy) is 2. The molecular weight excluding hydrogens is 318 g/mol. The quantitative estimate of drug-likeness (QED) is 0.715. The van der Waals surface area contributed by atoms with Crippen molar-refractivity contribution in [1.29, 1.82) is 0 Å². The highest BCUT2D eigenvalue weighted by atomic mass is 16.5. The van der Waals surface area contributed by atoms with Gasteiger partial charge in [-0.25, -0.2) is 0 Å². The van der Waals surface area contributed by atoms with Crippen molar-refractivity contribution in [2.45, 2.75) is 70.9 Å². The summed E-state index contributed by atoms with van der Waals surface area (Å²) in [5.41, 5.74) is 0. The summed E-state index contributed by atoms with van der Waals surface area (Å²) in [6.07, 6.45) is 6.66. The first-order chi connectivity index (χ1) is 12.0. The third kappa shape index (κ3) is 3.86. The second kappa shape index (κ2) is 8.07. The number of nitrogens with zero attached hydrogens (tertiary/aromatic N) is 1. The Balaban J connectivity index is 1.82. The van der Waals surface area contributed by atoms with Crippen molar-refractivity contribution in [3.8, 4) is 0 Å². The summed E-state index contributed by atoms with van der Waals surface area (Å²) < 4.78 is 10.4. The summed E-state index contributed by atoms with van der Waals surface area (Å²) in [5.74, 6) is 1.02. The predicted octanol–water partition coefficient (Wildman–Crippen LogP) is 3.02. The van der Waals surface area contributed by atoms with E-state index in [-0.39, 0.29) is 30.1 Å². The lowest BCUT2D eigenvalue weighted by molar-refractivity contribution is -0.151. The number of methoxy groups -OCH3 is 1. The number of fused-ring (bicyclic) bond motifs is 1. The van der Waals surface area contributed by atoms with E-state index in [4.69, 9.17) is 9.47 Å². The van der Waals surface area contributed by atoms with Crippen molar-refractivity contribution in [3.63, 3.8) is 0 Å². The Hall–Kier alpha value is -1.10. The zero-order chi connectivity index (χ0) is 18.0. The maximum atomic E-state index is 13.6. The number of amides is 1. The maximum Gasteiger partial charge on any atom is 0.306 e. The molecule has 0 bridgehead atoms. The van der Waals surface area contributed by atoms with Gasteiger partial charge >= 0.3 is 5.97 Å². The van der Waals surface area contributed by atoms with Gasteiger partial charge < -0.3 is 14.4 Å². The van der Waals surface area contributed by atoms with Crippen LogP contribution in [0.3, 0.4) is 0 Å². The predicted molar refractivity (Wildman–Crippen MR) is 94.9 cm³/mol. The first kappa shape index (κ1) is 18.7. The van der Waals surface area contributed by atoms with Crippen LogP contribution in [0, 0.1) is 23.7 Å².